The standard InChI is InChI=1S/C29H41F3N4O3/c1-3-4-5-6-7-8-9-14-34-28(38)23-20-22(12-13-26(23)39-2)25(37)21-35-16-18-36(19-17-35)27-24(29(30,31)32)11-10-15-33-27/h10-13,15,20,25,37H,3-9,14,16-19,21H2,1-2H3,(H,34,38). The van der Waals surface area contributed by atoms with Crippen molar-refractivity contribution < 1.29 is 27.8 Å². The van der Waals surface area contributed by atoms with Crippen LogP contribution in [0.3, 0.4) is 0 Å². The first-order chi connectivity index (χ1) is 18.7. The smallest absolute Gasteiger partial charge is 0.419 e. The van der Waals surface area contributed by atoms with E-state index in [2.05, 4.69) is 17.2 Å². The van der Waals surface area contributed by atoms with E-state index in [0.29, 0.717) is 56.1 Å². The Balaban J connectivity index is 1.52. The number of nitrogens with one attached hydrogen (secondary N) is 1. The van der Waals surface area contributed by atoms with Crippen molar-refractivity contribution in [2.75, 3.05) is 51.3 Å². The fourth-order valence-corrected chi connectivity index (χ4v) is 4.85. The fourth-order valence-electron chi connectivity index (χ4n) is 4.85. The zero-order chi connectivity index (χ0) is 28.3. The highest BCUT2D eigenvalue weighted by atomic mass is 19.4. The SMILES string of the molecule is CCCCCCCCCNC(=O)c1cc(C(O)CN2CCN(c3ncccc3C(F)(F)F)CC2)ccc1OC. The topological polar surface area (TPSA) is 77.9 Å². The number of piperazine rings is 1. The Labute approximate surface area is 229 Å². The number of nitrogens with zero attached hydrogens (tertiary/aromatic N) is 3. The van der Waals surface area contributed by atoms with Crippen LogP contribution in [-0.2, 0) is 6.18 Å². The lowest BCUT2D eigenvalue weighted by Gasteiger charge is -2.37. The summed E-state index contributed by atoms with van der Waals surface area (Å²) in [6.07, 6.45) is 4.16. The van der Waals surface area contributed by atoms with Gasteiger partial charge in [0.25, 0.3) is 5.91 Å². The first kappa shape index (κ1) is 30.7. The number of anilines is 1. The summed E-state index contributed by atoms with van der Waals surface area (Å²) in [7, 11) is 1.50. The highest BCUT2D eigenvalue weighted by molar-refractivity contribution is 5.97. The lowest BCUT2D eigenvalue weighted by atomic mass is 10.0. The van der Waals surface area contributed by atoms with E-state index >= 15 is 0 Å². The van der Waals surface area contributed by atoms with Gasteiger partial charge in [0, 0.05) is 45.5 Å². The van der Waals surface area contributed by atoms with Crippen LogP contribution in [0.4, 0.5) is 19.0 Å². The van der Waals surface area contributed by atoms with Crippen molar-refractivity contribution in [2.24, 2.45) is 0 Å². The van der Waals surface area contributed by atoms with E-state index in [1.165, 1.54) is 51.5 Å². The molecule has 0 aliphatic carbocycles. The molecule has 3 rings (SSSR count). The van der Waals surface area contributed by atoms with Crippen molar-refractivity contribution in [2.45, 2.75) is 64.1 Å². The number of rotatable bonds is 14. The molecule has 1 aromatic heterocycles. The van der Waals surface area contributed by atoms with Gasteiger partial charge in [-0.25, -0.2) is 4.98 Å². The predicted molar refractivity (Wildman–Crippen MR) is 146 cm³/mol. The maximum Gasteiger partial charge on any atom is 0.419 e. The summed E-state index contributed by atoms with van der Waals surface area (Å²) in [6.45, 7) is 4.76. The maximum absolute atomic E-state index is 13.4. The molecule has 1 unspecified atom stereocenters. The normalized spacial score (nSPS) is 15.3. The molecule has 1 aliphatic rings. The first-order valence-electron chi connectivity index (χ1n) is 13.9. The van der Waals surface area contributed by atoms with Gasteiger partial charge >= 0.3 is 6.18 Å². The first-order valence-corrected chi connectivity index (χ1v) is 13.9. The Hall–Kier alpha value is -2.85. The summed E-state index contributed by atoms with van der Waals surface area (Å²) in [5, 5.41) is 13.9. The van der Waals surface area contributed by atoms with Gasteiger partial charge in [-0.2, -0.15) is 13.2 Å². The molecule has 0 saturated carbocycles. The van der Waals surface area contributed by atoms with Gasteiger partial charge in [-0.1, -0.05) is 51.5 Å². The molecular formula is C29H41F3N4O3. The monoisotopic (exact) mass is 550 g/mol. The third-order valence-corrected chi connectivity index (χ3v) is 7.11. The molecule has 1 aromatic carbocycles. The third-order valence-electron chi connectivity index (χ3n) is 7.11. The molecule has 7 nitrogen and oxygen atoms in total. The van der Waals surface area contributed by atoms with Crippen molar-refractivity contribution in [1.82, 2.24) is 15.2 Å². The zero-order valence-corrected chi connectivity index (χ0v) is 23.0. The van der Waals surface area contributed by atoms with E-state index < -0.39 is 17.8 Å². The van der Waals surface area contributed by atoms with Crippen LogP contribution in [0.5, 0.6) is 5.75 Å². The minimum Gasteiger partial charge on any atom is -0.496 e. The number of carbonyl (C=O) groups excluding carboxylic acids is 1. The fraction of sp³-hybridized carbons (Fsp3) is 0.586. The number of aliphatic hydroxyl groups excluding tert-OH is 1. The van der Waals surface area contributed by atoms with Crippen LogP contribution in [0, 0.1) is 0 Å². The van der Waals surface area contributed by atoms with Gasteiger partial charge in [0.1, 0.15) is 11.6 Å². The molecule has 0 spiro atoms. The lowest BCUT2D eigenvalue weighted by molar-refractivity contribution is -0.137. The summed E-state index contributed by atoms with van der Waals surface area (Å²) in [5.74, 6) is 0.135. The zero-order valence-electron chi connectivity index (χ0n) is 23.0. The number of halogens is 3. The van der Waals surface area contributed by atoms with E-state index in [0.717, 1.165) is 18.9 Å². The number of β-amino-alcohol motifs (C(OH)–C–C–N with tert-alkyl or cyclic N) is 1. The van der Waals surface area contributed by atoms with Crippen molar-refractivity contribution in [3.8, 4) is 5.75 Å². The number of methoxy groups -OCH3 is 1. The van der Waals surface area contributed by atoms with Gasteiger partial charge in [-0.15, -0.1) is 0 Å². The number of benzene rings is 1. The van der Waals surface area contributed by atoms with Crippen molar-refractivity contribution >= 4 is 11.7 Å². The molecule has 1 saturated heterocycles. The average Bonchev–Trinajstić information content (AvgIpc) is 2.94. The van der Waals surface area contributed by atoms with Crippen LogP contribution < -0.4 is 15.0 Å². The van der Waals surface area contributed by atoms with Crippen LogP contribution in [0.1, 0.15) is 79.5 Å². The quantitative estimate of drug-likeness (QED) is 0.305. The largest absolute Gasteiger partial charge is 0.496 e. The molecule has 0 radical (unpaired) electrons. The van der Waals surface area contributed by atoms with E-state index in [4.69, 9.17) is 4.74 Å². The van der Waals surface area contributed by atoms with E-state index in [1.54, 1.807) is 23.1 Å². The van der Waals surface area contributed by atoms with Crippen LogP contribution in [0.25, 0.3) is 0 Å². The van der Waals surface area contributed by atoms with Crippen LogP contribution in [-0.4, -0.2) is 67.3 Å². The van der Waals surface area contributed by atoms with Crippen LogP contribution >= 0.6 is 0 Å². The maximum atomic E-state index is 13.4. The summed E-state index contributed by atoms with van der Waals surface area (Å²) in [4.78, 5) is 20.5. The minimum atomic E-state index is -4.47. The van der Waals surface area contributed by atoms with Gasteiger partial charge in [0.05, 0.1) is 24.3 Å². The summed E-state index contributed by atoms with van der Waals surface area (Å²) in [6, 6.07) is 7.40. The van der Waals surface area contributed by atoms with Crippen LogP contribution in [0.15, 0.2) is 36.5 Å². The number of hydrogen-bond donors (Lipinski definition) is 2. The molecule has 2 N–H and O–H groups in total. The van der Waals surface area contributed by atoms with E-state index in [1.807, 2.05) is 4.90 Å². The molecule has 1 aliphatic heterocycles. The van der Waals surface area contributed by atoms with Gasteiger partial charge < -0.3 is 20.1 Å². The Morgan fingerprint density at radius 2 is 1.77 bits per heavy atom. The molecule has 1 fully saturated rings. The second-order valence-electron chi connectivity index (χ2n) is 10.0. The number of amides is 1. The Morgan fingerprint density at radius 3 is 2.44 bits per heavy atom. The molecule has 1 amide bonds. The van der Waals surface area contributed by atoms with Gasteiger partial charge in [-0.3, -0.25) is 9.69 Å². The molecule has 2 heterocycles. The molecule has 10 heteroatoms. The lowest BCUT2D eigenvalue weighted by Crippen LogP contribution is -2.48. The summed E-state index contributed by atoms with van der Waals surface area (Å²) >= 11 is 0. The summed E-state index contributed by atoms with van der Waals surface area (Å²) in [5.41, 5.74) is 0.217. The van der Waals surface area contributed by atoms with Gasteiger partial charge in [0.15, 0.2) is 0 Å². The average molecular weight is 551 g/mol. The molecule has 39 heavy (non-hydrogen) atoms. The van der Waals surface area contributed by atoms with Crippen molar-refractivity contribution in [1.29, 1.82) is 0 Å². The number of aromatic nitrogens is 1. The highest BCUT2D eigenvalue weighted by Gasteiger charge is 2.36. The van der Waals surface area contributed by atoms with E-state index in [9.17, 15) is 23.1 Å². The van der Waals surface area contributed by atoms with Crippen LogP contribution in [0.2, 0.25) is 0 Å². The Bertz CT molecular complexity index is 1040. The number of carbonyl (C=O) groups is 1. The van der Waals surface area contributed by atoms with Gasteiger partial charge in [0.2, 0.25) is 0 Å². The van der Waals surface area contributed by atoms with E-state index in [-0.39, 0.29) is 11.7 Å². The third kappa shape index (κ3) is 9.10. The molecule has 216 valence electrons. The van der Waals surface area contributed by atoms with Crippen molar-refractivity contribution in [3.63, 3.8) is 0 Å². The molecular weight excluding hydrogens is 509 g/mol. The number of hydrogen-bond acceptors (Lipinski definition) is 6. The number of alkyl halides is 3. The number of unbranched alkanes of at least 4 members (excludes halogenated alkanes) is 6. The Morgan fingerprint density at radius 1 is 1.08 bits per heavy atom. The molecule has 2 aromatic rings. The second kappa shape index (κ2) is 15.1. The second-order valence-corrected chi connectivity index (χ2v) is 10.0. The predicted octanol–water partition coefficient (Wildman–Crippen LogP) is 5.45. The minimum absolute atomic E-state index is 0.0625. The molecule has 1 atom stereocenters. The molecule has 0 bridgehead atoms. The number of ether oxygens (including phenoxy) is 1. The number of aliphatic hydroxyl groups is 1. The summed E-state index contributed by atoms with van der Waals surface area (Å²) < 4.78 is 45.5. The van der Waals surface area contributed by atoms with Crippen molar-refractivity contribution in [3.05, 3.63) is 53.2 Å². The van der Waals surface area contributed by atoms with Gasteiger partial charge in [-0.05, 0) is 36.2 Å². The highest BCUT2D eigenvalue weighted by Crippen LogP contribution is 2.35. The Kier molecular flexibility index (Phi) is 11.9. The number of pyridine rings is 1.